The van der Waals surface area contributed by atoms with Crippen molar-refractivity contribution in [1.82, 2.24) is 5.32 Å². The zero-order chi connectivity index (χ0) is 18.0. The number of anilines is 1. The van der Waals surface area contributed by atoms with Gasteiger partial charge in [-0.05, 0) is 30.5 Å². The summed E-state index contributed by atoms with van der Waals surface area (Å²) in [5.41, 5.74) is 1.47. The first-order valence-electron chi connectivity index (χ1n) is 7.67. The second-order valence-electron chi connectivity index (χ2n) is 5.96. The van der Waals surface area contributed by atoms with Crippen molar-refractivity contribution in [3.8, 4) is 0 Å². The standard InChI is InChI=1S/C15H22N2O5S2/c1-3-12-4-6-14(7-5-12)17(23(2,19)20)10-15(18)16-13-8-9-24(21,22)11-13/h4-7,13H,3,8-11H2,1-2H3,(H,16,18). The lowest BCUT2D eigenvalue weighted by Crippen LogP contribution is -2.44. The Morgan fingerprint density at radius 2 is 1.92 bits per heavy atom. The van der Waals surface area contributed by atoms with E-state index in [1.165, 1.54) is 0 Å². The van der Waals surface area contributed by atoms with Gasteiger partial charge in [0.15, 0.2) is 9.84 Å². The van der Waals surface area contributed by atoms with Crippen LogP contribution in [0, 0.1) is 0 Å². The van der Waals surface area contributed by atoms with Crippen LogP contribution in [-0.2, 0) is 31.1 Å². The lowest BCUT2D eigenvalue weighted by molar-refractivity contribution is -0.120. The fourth-order valence-electron chi connectivity index (χ4n) is 2.61. The number of sulfonamides is 1. The molecule has 2 rings (SSSR count). The molecule has 1 saturated heterocycles. The molecule has 1 aromatic carbocycles. The van der Waals surface area contributed by atoms with Gasteiger partial charge in [0.2, 0.25) is 15.9 Å². The summed E-state index contributed by atoms with van der Waals surface area (Å²) in [5.74, 6) is -0.559. The number of hydrogen-bond donors (Lipinski definition) is 1. The number of hydrogen-bond acceptors (Lipinski definition) is 5. The molecule has 24 heavy (non-hydrogen) atoms. The predicted octanol–water partition coefficient (Wildman–Crippen LogP) is 0.318. The first kappa shape index (κ1) is 18.7. The van der Waals surface area contributed by atoms with Crippen molar-refractivity contribution in [2.24, 2.45) is 0 Å². The second-order valence-corrected chi connectivity index (χ2v) is 10.1. The lowest BCUT2D eigenvalue weighted by atomic mass is 10.1. The van der Waals surface area contributed by atoms with Gasteiger partial charge in [0.1, 0.15) is 6.54 Å². The summed E-state index contributed by atoms with van der Waals surface area (Å²) in [6.45, 7) is 1.62. The second kappa shape index (κ2) is 7.10. The molecule has 1 aromatic rings. The van der Waals surface area contributed by atoms with Gasteiger partial charge in [-0.15, -0.1) is 0 Å². The number of rotatable bonds is 6. The molecule has 1 aliphatic heterocycles. The molecule has 0 aromatic heterocycles. The SMILES string of the molecule is CCc1ccc(N(CC(=O)NC2CCS(=O)(=O)C2)S(C)(=O)=O)cc1. The van der Waals surface area contributed by atoms with E-state index < -0.39 is 31.8 Å². The van der Waals surface area contributed by atoms with E-state index in [2.05, 4.69) is 5.32 Å². The van der Waals surface area contributed by atoms with Crippen LogP contribution in [0.2, 0.25) is 0 Å². The molecule has 1 fully saturated rings. The number of carbonyl (C=O) groups excluding carboxylic acids is 1. The Bertz CT molecular complexity index is 801. The number of amides is 1. The predicted molar refractivity (Wildman–Crippen MR) is 93.2 cm³/mol. The maximum Gasteiger partial charge on any atom is 0.241 e. The number of benzene rings is 1. The highest BCUT2D eigenvalue weighted by atomic mass is 32.2. The van der Waals surface area contributed by atoms with Crippen molar-refractivity contribution in [3.05, 3.63) is 29.8 Å². The smallest absolute Gasteiger partial charge is 0.241 e. The Morgan fingerprint density at radius 1 is 1.29 bits per heavy atom. The minimum atomic E-state index is -3.63. The van der Waals surface area contributed by atoms with Crippen LogP contribution in [0.15, 0.2) is 24.3 Å². The molecule has 1 atom stereocenters. The fraction of sp³-hybridized carbons (Fsp3) is 0.533. The number of nitrogens with zero attached hydrogens (tertiary/aromatic N) is 1. The first-order valence-corrected chi connectivity index (χ1v) is 11.3. The van der Waals surface area contributed by atoms with Gasteiger partial charge in [-0.25, -0.2) is 16.8 Å². The molecule has 9 heteroatoms. The third-order valence-corrected chi connectivity index (χ3v) is 6.83. The molecule has 1 N–H and O–H groups in total. The fourth-order valence-corrected chi connectivity index (χ4v) is 5.14. The first-order chi connectivity index (χ1) is 11.1. The molecule has 0 spiro atoms. The molecule has 7 nitrogen and oxygen atoms in total. The molecule has 1 amide bonds. The lowest BCUT2D eigenvalue weighted by Gasteiger charge is -2.23. The van der Waals surface area contributed by atoms with Crippen molar-refractivity contribution in [1.29, 1.82) is 0 Å². The van der Waals surface area contributed by atoms with E-state index in [9.17, 15) is 21.6 Å². The Kier molecular flexibility index (Phi) is 5.54. The van der Waals surface area contributed by atoms with Crippen LogP contribution in [0.1, 0.15) is 18.9 Å². The number of aryl methyl sites for hydroxylation is 1. The summed E-state index contributed by atoms with van der Waals surface area (Å²) >= 11 is 0. The highest BCUT2D eigenvalue weighted by Crippen LogP contribution is 2.19. The van der Waals surface area contributed by atoms with Gasteiger partial charge in [0.25, 0.3) is 0 Å². The third-order valence-electron chi connectivity index (χ3n) is 3.92. The van der Waals surface area contributed by atoms with Crippen molar-refractivity contribution in [2.45, 2.75) is 25.8 Å². The van der Waals surface area contributed by atoms with Crippen LogP contribution in [0.5, 0.6) is 0 Å². The summed E-state index contributed by atoms with van der Waals surface area (Å²) in [5, 5.41) is 2.61. The molecule has 0 radical (unpaired) electrons. The third kappa shape index (κ3) is 4.94. The van der Waals surface area contributed by atoms with Gasteiger partial charge in [-0.1, -0.05) is 19.1 Å². The summed E-state index contributed by atoms with van der Waals surface area (Å²) in [7, 11) is -6.74. The molecular weight excluding hydrogens is 352 g/mol. The average Bonchev–Trinajstić information content (AvgIpc) is 2.82. The number of nitrogens with one attached hydrogen (secondary N) is 1. The van der Waals surface area contributed by atoms with E-state index in [1.54, 1.807) is 12.1 Å². The molecule has 134 valence electrons. The Hall–Kier alpha value is -1.61. The monoisotopic (exact) mass is 374 g/mol. The molecule has 0 aliphatic carbocycles. The molecule has 1 aliphatic rings. The van der Waals surface area contributed by atoms with Crippen molar-refractivity contribution < 1.29 is 21.6 Å². The maximum atomic E-state index is 12.2. The summed E-state index contributed by atoms with van der Waals surface area (Å²) in [6, 6.07) is 6.50. The summed E-state index contributed by atoms with van der Waals surface area (Å²) in [6.07, 6.45) is 2.22. The largest absolute Gasteiger partial charge is 0.351 e. The Labute approximate surface area is 143 Å². The van der Waals surface area contributed by atoms with Gasteiger partial charge < -0.3 is 5.32 Å². The van der Waals surface area contributed by atoms with E-state index >= 15 is 0 Å². The van der Waals surface area contributed by atoms with E-state index in [0.29, 0.717) is 12.1 Å². The Morgan fingerprint density at radius 3 is 2.38 bits per heavy atom. The quantitative estimate of drug-likeness (QED) is 0.773. The molecular formula is C15H22N2O5S2. The van der Waals surface area contributed by atoms with E-state index in [-0.39, 0.29) is 18.1 Å². The molecule has 1 heterocycles. The van der Waals surface area contributed by atoms with Gasteiger partial charge >= 0.3 is 0 Å². The van der Waals surface area contributed by atoms with Crippen LogP contribution in [0.3, 0.4) is 0 Å². The number of sulfone groups is 1. The van der Waals surface area contributed by atoms with Gasteiger partial charge in [-0.3, -0.25) is 9.10 Å². The van der Waals surface area contributed by atoms with E-state index in [0.717, 1.165) is 22.5 Å². The normalized spacial score (nSPS) is 19.8. The van der Waals surface area contributed by atoms with Gasteiger partial charge in [-0.2, -0.15) is 0 Å². The highest BCUT2D eigenvalue weighted by molar-refractivity contribution is 7.92. The van der Waals surface area contributed by atoms with Crippen LogP contribution < -0.4 is 9.62 Å². The maximum absolute atomic E-state index is 12.2. The molecule has 0 saturated carbocycles. The van der Waals surface area contributed by atoms with Crippen molar-refractivity contribution in [3.63, 3.8) is 0 Å². The van der Waals surface area contributed by atoms with Crippen LogP contribution in [0.4, 0.5) is 5.69 Å². The Balaban J connectivity index is 2.10. The van der Waals surface area contributed by atoms with Crippen molar-refractivity contribution in [2.75, 3.05) is 28.6 Å². The van der Waals surface area contributed by atoms with E-state index in [1.807, 2.05) is 19.1 Å². The summed E-state index contributed by atoms with van der Waals surface area (Å²) in [4.78, 5) is 12.2. The molecule has 0 bridgehead atoms. The van der Waals surface area contributed by atoms with Crippen molar-refractivity contribution >= 4 is 31.5 Å². The number of carbonyl (C=O) groups is 1. The van der Waals surface area contributed by atoms with Gasteiger partial charge in [0.05, 0.1) is 23.4 Å². The van der Waals surface area contributed by atoms with Gasteiger partial charge in [0, 0.05) is 6.04 Å². The van der Waals surface area contributed by atoms with E-state index in [4.69, 9.17) is 0 Å². The van der Waals surface area contributed by atoms with Crippen LogP contribution >= 0.6 is 0 Å². The highest BCUT2D eigenvalue weighted by Gasteiger charge is 2.30. The minimum absolute atomic E-state index is 0.0478. The average molecular weight is 374 g/mol. The minimum Gasteiger partial charge on any atom is -0.351 e. The topological polar surface area (TPSA) is 101 Å². The molecule has 1 unspecified atom stereocenters. The zero-order valence-corrected chi connectivity index (χ0v) is 15.4. The van der Waals surface area contributed by atoms with Crippen LogP contribution in [0.25, 0.3) is 0 Å². The van der Waals surface area contributed by atoms with Crippen LogP contribution in [-0.4, -0.2) is 53.1 Å². The zero-order valence-electron chi connectivity index (χ0n) is 13.7. The summed E-state index contributed by atoms with van der Waals surface area (Å²) < 4.78 is 47.9.